The van der Waals surface area contributed by atoms with Crippen molar-refractivity contribution in [2.45, 2.75) is 135 Å². The Balaban J connectivity index is 1.46. The number of nitrogens with one attached hydrogen (secondary N) is 3. The first-order valence-corrected chi connectivity index (χ1v) is 21.6. The van der Waals surface area contributed by atoms with Crippen LogP contribution < -0.4 is 16.0 Å². The Morgan fingerprint density at radius 2 is 1.70 bits per heavy atom. The average molecular weight is 813 g/mol. The molecular formula is C43H68N6O7S. The molecule has 1 aromatic carbocycles. The van der Waals surface area contributed by atoms with Crippen molar-refractivity contribution in [3.63, 3.8) is 0 Å². The number of unbranched alkanes of at least 4 members (excludes halogenated alkanes) is 1. The summed E-state index contributed by atoms with van der Waals surface area (Å²) in [7, 11) is 1.60. The Kier molecular flexibility index (Phi) is 20.4. The van der Waals surface area contributed by atoms with Gasteiger partial charge in [-0.15, -0.1) is 0 Å². The molecule has 2 heterocycles. The molecule has 4 rings (SSSR count). The summed E-state index contributed by atoms with van der Waals surface area (Å²) < 4.78 is 19.2. The summed E-state index contributed by atoms with van der Waals surface area (Å²) in [5.41, 5.74) is 0.948. The topological polar surface area (TPSA) is 156 Å². The highest BCUT2D eigenvalue weighted by molar-refractivity contribution is 7.80. The zero-order valence-electron chi connectivity index (χ0n) is 34.6. The number of piperidine rings is 1. The molecule has 4 N–H and O–H groups in total. The molecule has 1 saturated heterocycles. The van der Waals surface area contributed by atoms with Gasteiger partial charge in [0, 0.05) is 58.0 Å². The van der Waals surface area contributed by atoms with Crippen LogP contribution in [0.3, 0.4) is 0 Å². The van der Waals surface area contributed by atoms with Crippen molar-refractivity contribution in [2.24, 2.45) is 17.8 Å². The van der Waals surface area contributed by atoms with Gasteiger partial charge in [0.25, 0.3) is 5.91 Å². The van der Waals surface area contributed by atoms with E-state index in [0.717, 1.165) is 44.1 Å². The maximum absolute atomic E-state index is 14.4. The SMILES string of the molecule is CCCC[C@H](O[C@@H](Cc1ccccc1)C(=O)N1CCC(OCOC)CC1)C(=O)N[C@@H](CC1CCCCC1)[C@@H](O)C[C@H](C(=O)NCCNC(=S)n1ccnc1)C(C)C. The molecule has 0 spiro atoms. The number of aliphatic hydroxyl groups excluding tert-OH is 1. The Bertz CT molecular complexity index is 1470. The zero-order valence-corrected chi connectivity index (χ0v) is 35.4. The van der Waals surface area contributed by atoms with Crippen LogP contribution in [0.25, 0.3) is 0 Å². The van der Waals surface area contributed by atoms with Crippen molar-refractivity contribution in [3.05, 3.63) is 54.6 Å². The van der Waals surface area contributed by atoms with Gasteiger partial charge in [-0.2, -0.15) is 0 Å². The Morgan fingerprint density at radius 3 is 2.35 bits per heavy atom. The fourth-order valence-corrected chi connectivity index (χ4v) is 8.12. The lowest BCUT2D eigenvalue weighted by Gasteiger charge is -2.36. The maximum Gasteiger partial charge on any atom is 0.252 e. The first kappa shape index (κ1) is 46.3. The first-order chi connectivity index (χ1) is 27.6. The second-order valence-electron chi connectivity index (χ2n) is 16.0. The molecule has 3 amide bonds. The highest BCUT2D eigenvalue weighted by atomic mass is 32.1. The number of methoxy groups -OCH3 is 1. The summed E-state index contributed by atoms with van der Waals surface area (Å²) in [6.45, 7) is 8.09. The van der Waals surface area contributed by atoms with Gasteiger partial charge in [-0.25, -0.2) is 4.98 Å². The van der Waals surface area contributed by atoms with Crippen LogP contribution in [0.2, 0.25) is 0 Å². The van der Waals surface area contributed by atoms with E-state index in [9.17, 15) is 19.5 Å². The maximum atomic E-state index is 14.4. The standard InChI is InChI=1S/C43H68N6O7S/c1-5-6-17-38(56-39(27-33-15-11-8-12-16-33)42(53)48-23-18-34(19-24-48)55-30-54-4)41(52)47-36(26-32-13-9-7-10-14-32)37(50)28-35(31(2)3)40(51)45-20-21-46-43(57)49-25-22-44-29-49/h8,11-12,15-16,22,25,29,31-32,34-39,50H,5-7,9-10,13-14,17-21,23-24,26-28,30H2,1-4H3,(H,45,51)(H,46,57)(H,47,52)/t35-,36-,37-,38-,39-/m0/s1. The van der Waals surface area contributed by atoms with Crippen LogP contribution in [-0.4, -0.2) is 113 Å². The van der Waals surface area contributed by atoms with Crippen LogP contribution in [0.15, 0.2) is 49.1 Å². The number of hydrogen-bond donors (Lipinski definition) is 4. The van der Waals surface area contributed by atoms with Gasteiger partial charge in [-0.3, -0.25) is 19.0 Å². The molecule has 1 aliphatic carbocycles. The molecule has 0 radical (unpaired) electrons. The van der Waals surface area contributed by atoms with E-state index in [1.807, 2.05) is 49.1 Å². The highest BCUT2D eigenvalue weighted by Gasteiger charge is 2.36. The van der Waals surface area contributed by atoms with Gasteiger partial charge in [0.15, 0.2) is 5.11 Å². The van der Waals surface area contributed by atoms with E-state index < -0.39 is 30.3 Å². The minimum Gasteiger partial charge on any atom is -0.391 e. The van der Waals surface area contributed by atoms with E-state index in [2.05, 4.69) is 27.9 Å². The third kappa shape index (κ3) is 15.7. The van der Waals surface area contributed by atoms with Gasteiger partial charge < -0.3 is 40.2 Å². The van der Waals surface area contributed by atoms with Crippen molar-refractivity contribution < 1.29 is 33.7 Å². The minimum atomic E-state index is -0.962. The number of imidazole rings is 1. The first-order valence-electron chi connectivity index (χ1n) is 21.2. The molecule has 14 heteroatoms. The lowest BCUT2D eigenvalue weighted by atomic mass is 9.81. The van der Waals surface area contributed by atoms with E-state index in [4.69, 9.17) is 26.4 Å². The zero-order chi connectivity index (χ0) is 41.0. The lowest BCUT2D eigenvalue weighted by Crippen LogP contribution is -2.52. The Hall–Kier alpha value is -3.43. The van der Waals surface area contributed by atoms with Gasteiger partial charge in [0.05, 0.1) is 18.2 Å². The van der Waals surface area contributed by atoms with E-state index >= 15 is 0 Å². The number of hydrogen-bond acceptors (Lipinski definition) is 9. The predicted molar refractivity (Wildman–Crippen MR) is 224 cm³/mol. The van der Waals surface area contributed by atoms with Crippen molar-refractivity contribution in [1.82, 2.24) is 30.4 Å². The van der Waals surface area contributed by atoms with Crippen LogP contribution >= 0.6 is 12.2 Å². The quantitative estimate of drug-likeness (QED) is 0.0685. The Labute approximate surface area is 345 Å². The molecule has 13 nitrogen and oxygen atoms in total. The third-order valence-electron chi connectivity index (χ3n) is 11.3. The van der Waals surface area contributed by atoms with Crippen molar-refractivity contribution >= 4 is 35.1 Å². The summed E-state index contributed by atoms with van der Waals surface area (Å²) in [5.74, 6) is -0.785. The molecule has 318 valence electrons. The summed E-state index contributed by atoms with van der Waals surface area (Å²) in [6.07, 6.45) is 12.4. The van der Waals surface area contributed by atoms with Gasteiger partial charge in [0.1, 0.15) is 25.3 Å². The van der Waals surface area contributed by atoms with Gasteiger partial charge in [-0.05, 0) is 61.7 Å². The fraction of sp³-hybridized carbons (Fsp3) is 0.698. The van der Waals surface area contributed by atoms with E-state index in [1.165, 1.54) is 6.42 Å². The number of aromatic nitrogens is 2. The molecule has 1 aliphatic heterocycles. The second kappa shape index (κ2) is 25.1. The van der Waals surface area contributed by atoms with E-state index in [1.54, 1.807) is 30.4 Å². The van der Waals surface area contributed by atoms with Crippen LogP contribution in [0.1, 0.15) is 103 Å². The lowest BCUT2D eigenvalue weighted by molar-refractivity contribution is -0.157. The largest absolute Gasteiger partial charge is 0.391 e. The summed E-state index contributed by atoms with van der Waals surface area (Å²) >= 11 is 5.38. The number of likely N-dealkylation sites (tertiary alicyclic amines) is 1. The van der Waals surface area contributed by atoms with Crippen LogP contribution in [0, 0.1) is 17.8 Å². The highest BCUT2D eigenvalue weighted by Crippen LogP contribution is 2.30. The van der Waals surface area contributed by atoms with Crippen LogP contribution in [0.4, 0.5) is 0 Å². The number of amides is 3. The van der Waals surface area contributed by atoms with Crippen molar-refractivity contribution in [3.8, 4) is 0 Å². The number of benzene rings is 1. The van der Waals surface area contributed by atoms with Crippen molar-refractivity contribution in [1.29, 1.82) is 0 Å². The van der Waals surface area contributed by atoms with E-state index in [0.29, 0.717) is 69.3 Å². The number of carbonyl (C=O) groups excluding carboxylic acids is 3. The number of ether oxygens (including phenoxy) is 3. The molecule has 1 aromatic heterocycles. The molecule has 2 fully saturated rings. The molecule has 0 bridgehead atoms. The minimum absolute atomic E-state index is 0.0219. The number of thiocarbonyl (C=S) groups is 1. The van der Waals surface area contributed by atoms with Crippen molar-refractivity contribution in [2.75, 3.05) is 40.1 Å². The summed E-state index contributed by atoms with van der Waals surface area (Å²) in [5, 5.41) is 21.8. The fourth-order valence-electron chi connectivity index (χ4n) is 7.91. The smallest absolute Gasteiger partial charge is 0.252 e. The number of aliphatic hydroxyl groups is 1. The van der Waals surface area contributed by atoms with Gasteiger partial charge >= 0.3 is 0 Å². The van der Waals surface area contributed by atoms with Crippen LogP contribution in [0.5, 0.6) is 0 Å². The second-order valence-corrected chi connectivity index (χ2v) is 16.4. The Morgan fingerprint density at radius 1 is 0.982 bits per heavy atom. The molecule has 0 unspecified atom stereocenters. The number of rotatable bonds is 23. The summed E-state index contributed by atoms with van der Waals surface area (Å²) in [6, 6.07) is 9.18. The molecule has 1 saturated carbocycles. The molecule has 2 aliphatic rings. The molecule has 57 heavy (non-hydrogen) atoms. The average Bonchev–Trinajstić information content (AvgIpc) is 3.77. The predicted octanol–water partition coefficient (Wildman–Crippen LogP) is 5.00. The van der Waals surface area contributed by atoms with E-state index in [-0.39, 0.29) is 43.0 Å². The van der Waals surface area contributed by atoms with Gasteiger partial charge in [-0.1, -0.05) is 96.0 Å². The number of nitrogens with zero attached hydrogens (tertiary/aromatic N) is 3. The van der Waals surface area contributed by atoms with Gasteiger partial charge in [0.2, 0.25) is 11.8 Å². The monoisotopic (exact) mass is 812 g/mol. The normalized spacial score (nSPS) is 18.0. The van der Waals surface area contributed by atoms with Crippen LogP contribution in [-0.2, 0) is 35.0 Å². The molecule has 2 aromatic rings. The third-order valence-corrected chi connectivity index (χ3v) is 11.7. The number of carbonyl (C=O) groups is 3. The molecular weight excluding hydrogens is 745 g/mol. The summed E-state index contributed by atoms with van der Waals surface area (Å²) in [4.78, 5) is 48.0. The molecule has 5 atom stereocenters.